The van der Waals surface area contributed by atoms with E-state index < -0.39 is 22.9 Å². The summed E-state index contributed by atoms with van der Waals surface area (Å²) in [6.07, 6.45) is 0.222. The molecule has 0 saturated carbocycles. The van der Waals surface area contributed by atoms with Gasteiger partial charge < -0.3 is 4.74 Å². The Hall–Kier alpha value is -1.13. The van der Waals surface area contributed by atoms with Gasteiger partial charge in [0, 0.05) is 18.3 Å². The number of hydrogen-bond acceptors (Lipinski definition) is 4. The predicted octanol–water partition coefficient (Wildman–Crippen LogP) is 0.851. The molecule has 0 rings (SSSR count). The van der Waals surface area contributed by atoms with Crippen LogP contribution in [0.2, 0.25) is 0 Å². The molecule has 70 valence electrons. The van der Waals surface area contributed by atoms with E-state index in [0.29, 0.717) is 0 Å². The molecule has 0 bridgehead atoms. The van der Waals surface area contributed by atoms with Crippen LogP contribution >= 0.6 is 0 Å². The highest BCUT2D eigenvalue weighted by Gasteiger charge is 2.22. The fourth-order valence-electron chi connectivity index (χ4n) is 0.895. The van der Waals surface area contributed by atoms with Crippen LogP contribution in [0.3, 0.4) is 0 Å². The van der Waals surface area contributed by atoms with Crippen LogP contribution in [0.1, 0.15) is 20.3 Å². The summed E-state index contributed by atoms with van der Waals surface area (Å²) in [5.41, 5.74) is 0. The number of hydrogen-bond donors (Lipinski definition) is 0. The lowest BCUT2D eigenvalue weighted by Gasteiger charge is -2.09. The molecule has 5 nitrogen and oxygen atoms in total. The summed E-state index contributed by atoms with van der Waals surface area (Å²) in [6.45, 7) is 3.09. The summed E-state index contributed by atoms with van der Waals surface area (Å²) in [7, 11) is 1.27. The summed E-state index contributed by atoms with van der Waals surface area (Å²) >= 11 is 0. The Morgan fingerprint density at radius 3 is 2.42 bits per heavy atom. The van der Waals surface area contributed by atoms with E-state index in [1.807, 2.05) is 0 Å². The molecule has 0 aliphatic rings. The first kappa shape index (κ1) is 10.9. The Labute approximate surface area is 70.9 Å². The third-order valence-electron chi connectivity index (χ3n) is 1.66. The van der Waals surface area contributed by atoms with Crippen LogP contribution in [0.15, 0.2) is 0 Å². The van der Waals surface area contributed by atoms with E-state index in [4.69, 9.17) is 0 Å². The highest BCUT2D eigenvalue weighted by molar-refractivity contribution is 5.71. The van der Waals surface area contributed by atoms with Gasteiger partial charge in [0.2, 0.25) is 6.04 Å². The van der Waals surface area contributed by atoms with Gasteiger partial charge in [-0.3, -0.25) is 14.9 Å². The van der Waals surface area contributed by atoms with Crippen LogP contribution in [0.25, 0.3) is 0 Å². The first-order valence-corrected chi connectivity index (χ1v) is 3.70. The number of carbonyl (C=O) groups is 1. The van der Waals surface area contributed by atoms with Crippen molar-refractivity contribution in [1.82, 2.24) is 0 Å². The highest BCUT2D eigenvalue weighted by Crippen LogP contribution is 2.09. The minimum Gasteiger partial charge on any atom is -0.469 e. The Balaban J connectivity index is 3.91. The number of esters is 1. The zero-order valence-corrected chi connectivity index (χ0v) is 7.44. The number of nitro groups is 1. The van der Waals surface area contributed by atoms with Gasteiger partial charge in [-0.25, -0.2) is 0 Å². The second-order valence-electron chi connectivity index (χ2n) is 2.79. The second kappa shape index (κ2) is 4.69. The van der Waals surface area contributed by atoms with Crippen LogP contribution < -0.4 is 0 Å². The zero-order chi connectivity index (χ0) is 9.72. The first-order chi connectivity index (χ1) is 5.49. The van der Waals surface area contributed by atoms with Crippen molar-refractivity contribution in [3.05, 3.63) is 10.1 Å². The minimum absolute atomic E-state index is 0.222. The lowest BCUT2D eigenvalue weighted by atomic mass is 10.0. The number of methoxy groups -OCH3 is 1. The number of nitrogens with zero attached hydrogens (tertiary/aromatic N) is 1. The maximum atomic E-state index is 10.8. The SMILES string of the molecule is COC(=O)[C@H](C)C[C@H](C)[N+](=O)[O-]. The molecule has 0 unspecified atom stereocenters. The molecule has 0 spiro atoms. The molecule has 0 heterocycles. The van der Waals surface area contributed by atoms with Crippen molar-refractivity contribution in [3.8, 4) is 0 Å². The van der Waals surface area contributed by atoms with Crippen molar-refractivity contribution in [1.29, 1.82) is 0 Å². The van der Waals surface area contributed by atoms with E-state index in [-0.39, 0.29) is 6.42 Å². The molecule has 12 heavy (non-hydrogen) atoms. The Bertz CT molecular complexity index is 180. The van der Waals surface area contributed by atoms with E-state index in [1.54, 1.807) is 6.92 Å². The topological polar surface area (TPSA) is 69.4 Å². The van der Waals surface area contributed by atoms with Gasteiger partial charge in [0.1, 0.15) is 0 Å². The molecule has 0 amide bonds. The molecule has 0 radical (unpaired) electrons. The van der Waals surface area contributed by atoms with Crippen LogP contribution in [0.5, 0.6) is 0 Å². The molecular formula is C7H13NO4. The molecule has 0 aromatic heterocycles. The number of rotatable bonds is 4. The van der Waals surface area contributed by atoms with E-state index in [2.05, 4.69) is 4.74 Å². The van der Waals surface area contributed by atoms with E-state index in [0.717, 1.165) is 0 Å². The zero-order valence-electron chi connectivity index (χ0n) is 7.44. The van der Waals surface area contributed by atoms with Crippen molar-refractivity contribution in [2.24, 2.45) is 5.92 Å². The smallest absolute Gasteiger partial charge is 0.308 e. The highest BCUT2D eigenvalue weighted by atomic mass is 16.6. The Morgan fingerprint density at radius 2 is 2.08 bits per heavy atom. The minimum atomic E-state index is -0.695. The van der Waals surface area contributed by atoms with E-state index in [1.165, 1.54) is 14.0 Å². The average Bonchev–Trinajstić information content (AvgIpc) is 2.02. The van der Waals surface area contributed by atoms with E-state index in [9.17, 15) is 14.9 Å². The molecule has 2 atom stereocenters. The third kappa shape index (κ3) is 3.32. The number of ether oxygens (including phenoxy) is 1. The van der Waals surface area contributed by atoms with E-state index >= 15 is 0 Å². The van der Waals surface area contributed by atoms with Gasteiger partial charge in [0.05, 0.1) is 13.0 Å². The van der Waals surface area contributed by atoms with Gasteiger partial charge in [-0.1, -0.05) is 6.92 Å². The van der Waals surface area contributed by atoms with Crippen molar-refractivity contribution in [3.63, 3.8) is 0 Å². The molecule has 0 aromatic carbocycles. The molecule has 0 aliphatic carbocycles. The fraction of sp³-hybridized carbons (Fsp3) is 0.857. The number of carbonyl (C=O) groups excluding carboxylic acids is 1. The average molecular weight is 175 g/mol. The maximum absolute atomic E-state index is 10.8. The molecule has 0 aliphatic heterocycles. The molecule has 0 fully saturated rings. The Kier molecular flexibility index (Phi) is 4.25. The molecule has 0 N–H and O–H groups in total. The monoisotopic (exact) mass is 175 g/mol. The van der Waals surface area contributed by atoms with Crippen LogP contribution in [-0.2, 0) is 9.53 Å². The van der Waals surface area contributed by atoms with Gasteiger partial charge in [-0.15, -0.1) is 0 Å². The quantitative estimate of drug-likeness (QED) is 0.361. The van der Waals surface area contributed by atoms with Crippen molar-refractivity contribution in [2.75, 3.05) is 7.11 Å². The third-order valence-corrected chi connectivity index (χ3v) is 1.66. The standard InChI is InChI=1S/C7H13NO4/c1-5(7(9)12-3)4-6(2)8(10)11/h5-6H,4H2,1-3H3/t5-,6+/m1/s1. The first-order valence-electron chi connectivity index (χ1n) is 3.70. The normalized spacial score (nSPS) is 14.9. The van der Waals surface area contributed by atoms with Crippen molar-refractivity contribution < 1.29 is 14.5 Å². The summed E-state index contributed by atoms with van der Waals surface area (Å²) in [6, 6.07) is -0.695. The van der Waals surface area contributed by atoms with Gasteiger partial charge in [0.15, 0.2) is 0 Å². The van der Waals surface area contributed by atoms with Crippen molar-refractivity contribution in [2.45, 2.75) is 26.3 Å². The largest absolute Gasteiger partial charge is 0.469 e. The van der Waals surface area contributed by atoms with Crippen molar-refractivity contribution >= 4 is 5.97 Å². The Morgan fingerprint density at radius 1 is 1.58 bits per heavy atom. The summed E-state index contributed by atoms with van der Waals surface area (Å²) in [5.74, 6) is -0.806. The van der Waals surface area contributed by atoms with Crippen LogP contribution in [0.4, 0.5) is 0 Å². The van der Waals surface area contributed by atoms with Gasteiger partial charge in [-0.2, -0.15) is 0 Å². The van der Waals surface area contributed by atoms with Crippen LogP contribution in [-0.4, -0.2) is 24.0 Å². The predicted molar refractivity (Wildman–Crippen MR) is 42.3 cm³/mol. The molecule has 0 aromatic rings. The summed E-state index contributed by atoms with van der Waals surface area (Å²) in [5, 5.41) is 10.2. The van der Waals surface area contributed by atoms with Gasteiger partial charge >= 0.3 is 5.97 Å². The summed E-state index contributed by atoms with van der Waals surface area (Å²) < 4.78 is 4.43. The second-order valence-corrected chi connectivity index (χ2v) is 2.79. The molecule has 0 saturated heterocycles. The van der Waals surface area contributed by atoms with Gasteiger partial charge in [0.25, 0.3) is 0 Å². The molecular weight excluding hydrogens is 162 g/mol. The van der Waals surface area contributed by atoms with Crippen LogP contribution in [0, 0.1) is 16.0 Å². The molecule has 5 heteroatoms. The van der Waals surface area contributed by atoms with Gasteiger partial charge in [-0.05, 0) is 0 Å². The lowest BCUT2D eigenvalue weighted by Crippen LogP contribution is -2.23. The summed E-state index contributed by atoms with van der Waals surface area (Å²) in [4.78, 5) is 20.6. The maximum Gasteiger partial charge on any atom is 0.308 e. The lowest BCUT2D eigenvalue weighted by molar-refractivity contribution is -0.519. The fourth-order valence-corrected chi connectivity index (χ4v) is 0.895.